The summed E-state index contributed by atoms with van der Waals surface area (Å²) in [5, 5.41) is 12.0. The molecule has 2 atom stereocenters. The van der Waals surface area contributed by atoms with Gasteiger partial charge in [-0.1, -0.05) is 30.3 Å². The standard InChI is InChI=1S/C29H31N3O5/c1-20-25(32-29(37-20)22-7-3-2-4-8-22)15-18-36-24-12-10-21(11-13-27(33)34)23(19-24)14-17-31-28(35)26-9-5-6-16-30-26/h2-10,12,16,19-20,25H,11,13-15,17-18H2,1H3,(H,31,35)(H,33,34). The molecule has 8 heteroatoms. The van der Waals surface area contributed by atoms with Gasteiger partial charge in [0.2, 0.25) is 5.90 Å². The summed E-state index contributed by atoms with van der Waals surface area (Å²) in [5.74, 6) is 0.265. The second-order valence-corrected chi connectivity index (χ2v) is 8.87. The van der Waals surface area contributed by atoms with E-state index in [1.165, 1.54) is 0 Å². The van der Waals surface area contributed by atoms with Crippen molar-refractivity contribution in [3.05, 3.63) is 95.3 Å². The van der Waals surface area contributed by atoms with E-state index in [4.69, 9.17) is 19.6 Å². The van der Waals surface area contributed by atoms with Crippen molar-refractivity contribution in [3.8, 4) is 5.75 Å². The van der Waals surface area contributed by atoms with Crippen LogP contribution in [-0.4, -0.2) is 53.2 Å². The molecule has 8 nitrogen and oxygen atoms in total. The van der Waals surface area contributed by atoms with Gasteiger partial charge in [-0.05, 0) is 67.3 Å². The molecule has 37 heavy (non-hydrogen) atoms. The lowest BCUT2D eigenvalue weighted by Gasteiger charge is -2.15. The first-order chi connectivity index (χ1) is 18.0. The minimum atomic E-state index is -0.849. The average molecular weight is 502 g/mol. The average Bonchev–Trinajstić information content (AvgIpc) is 3.29. The van der Waals surface area contributed by atoms with Crippen molar-refractivity contribution in [1.82, 2.24) is 10.3 Å². The number of carbonyl (C=O) groups excluding carboxylic acids is 1. The lowest BCUT2D eigenvalue weighted by molar-refractivity contribution is -0.136. The third-order valence-corrected chi connectivity index (χ3v) is 6.19. The molecule has 2 N–H and O–H groups in total. The summed E-state index contributed by atoms with van der Waals surface area (Å²) >= 11 is 0. The molecule has 2 heterocycles. The van der Waals surface area contributed by atoms with Crippen molar-refractivity contribution in [2.75, 3.05) is 13.2 Å². The number of carboxylic acid groups (broad SMARTS) is 1. The van der Waals surface area contributed by atoms with Crippen LogP contribution in [0.15, 0.2) is 77.9 Å². The third-order valence-electron chi connectivity index (χ3n) is 6.19. The maximum atomic E-state index is 12.3. The third kappa shape index (κ3) is 7.39. The number of aliphatic imine (C=N–C) groups is 1. The van der Waals surface area contributed by atoms with Crippen LogP contribution in [0.3, 0.4) is 0 Å². The molecule has 0 radical (unpaired) electrons. The highest BCUT2D eigenvalue weighted by atomic mass is 16.5. The topological polar surface area (TPSA) is 110 Å². The van der Waals surface area contributed by atoms with Gasteiger partial charge < -0.3 is 19.9 Å². The number of rotatable bonds is 12. The Morgan fingerprint density at radius 1 is 1.03 bits per heavy atom. The summed E-state index contributed by atoms with van der Waals surface area (Å²) in [5.41, 5.74) is 3.20. The van der Waals surface area contributed by atoms with E-state index in [0.717, 1.165) is 16.7 Å². The zero-order chi connectivity index (χ0) is 26.0. The molecule has 1 aliphatic rings. The van der Waals surface area contributed by atoms with Crippen molar-refractivity contribution >= 4 is 17.8 Å². The van der Waals surface area contributed by atoms with Crippen LogP contribution in [0.4, 0.5) is 0 Å². The fourth-order valence-electron chi connectivity index (χ4n) is 4.17. The lowest BCUT2D eigenvalue weighted by Crippen LogP contribution is -2.26. The number of aliphatic carboxylic acids is 1. The number of amides is 1. The second-order valence-electron chi connectivity index (χ2n) is 8.87. The lowest BCUT2D eigenvalue weighted by atomic mass is 10.00. The number of aryl methyl sites for hydroxylation is 1. The summed E-state index contributed by atoms with van der Waals surface area (Å²) in [6, 6.07) is 20.7. The molecule has 0 saturated heterocycles. The molecule has 0 fully saturated rings. The van der Waals surface area contributed by atoms with Crippen molar-refractivity contribution < 1.29 is 24.2 Å². The van der Waals surface area contributed by atoms with Crippen molar-refractivity contribution in [1.29, 1.82) is 0 Å². The minimum absolute atomic E-state index is 0.00586. The molecule has 3 aromatic rings. The summed E-state index contributed by atoms with van der Waals surface area (Å²) in [4.78, 5) is 32.2. The van der Waals surface area contributed by atoms with E-state index in [1.807, 2.05) is 55.5 Å². The Kier molecular flexibility index (Phi) is 8.86. The highest BCUT2D eigenvalue weighted by Gasteiger charge is 2.27. The fraction of sp³-hybridized carbons (Fsp3) is 0.310. The Morgan fingerprint density at radius 3 is 2.59 bits per heavy atom. The van der Waals surface area contributed by atoms with E-state index in [2.05, 4.69) is 10.3 Å². The highest BCUT2D eigenvalue weighted by molar-refractivity contribution is 5.95. The zero-order valence-corrected chi connectivity index (χ0v) is 20.8. The van der Waals surface area contributed by atoms with E-state index < -0.39 is 5.97 Å². The number of pyridine rings is 1. The van der Waals surface area contributed by atoms with E-state index in [1.54, 1.807) is 24.4 Å². The first-order valence-corrected chi connectivity index (χ1v) is 12.4. The molecule has 1 aliphatic heterocycles. The number of carboxylic acids is 1. The van der Waals surface area contributed by atoms with E-state index in [-0.39, 0.29) is 24.5 Å². The van der Waals surface area contributed by atoms with Crippen LogP contribution in [-0.2, 0) is 22.4 Å². The molecule has 0 bridgehead atoms. The van der Waals surface area contributed by atoms with Crippen LogP contribution in [0.25, 0.3) is 0 Å². The summed E-state index contributed by atoms with van der Waals surface area (Å²) in [7, 11) is 0. The van der Waals surface area contributed by atoms with Crippen LogP contribution < -0.4 is 10.1 Å². The van der Waals surface area contributed by atoms with E-state index in [0.29, 0.717) is 49.8 Å². The Morgan fingerprint density at radius 2 is 1.84 bits per heavy atom. The summed E-state index contributed by atoms with van der Waals surface area (Å²) in [6.07, 6.45) is 3.24. The van der Waals surface area contributed by atoms with Gasteiger partial charge in [0.05, 0.1) is 12.6 Å². The Balaban J connectivity index is 1.35. The number of nitrogens with one attached hydrogen (secondary N) is 1. The Bertz CT molecular complexity index is 1230. The van der Waals surface area contributed by atoms with Crippen LogP contribution >= 0.6 is 0 Å². The highest BCUT2D eigenvalue weighted by Crippen LogP contribution is 2.23. The molecule has 0 spiro atoms. The van der Waals surface area contributed by atoms with E-state index in [9.17, 15) is 9.59 Å². The number of hydrogen-bond acceptors (Lipinski definition) is 6. The Hall–Kier alpha value is -4.20. The van der Waals surface area contributed by atoms with Gasteiger partial charge in [0.15, 0.2) is 0 Å². The number of nitrogens with zero attached hydrogens (tertiary/aromatic N) is 2. The predicted molar refractivity (Wildman–Crippen MR) is 140 cm³/mol. The monoisotopic (exact) mass is 501 g/mol. The van der Waals surface area contributed by atoms with Gasteiger partial charge in [0.1, 0.15) is 17.5 Å². The first kappa shape index (κ1) is 25.9. The van der Waals surface area contributed by atoms with E-state index >= 15 is 0 Å². The molecule has 2 aromatic carbocycles. The van der Waals surface area contributed by atoms with Gasteiger partial charge in [-0.3, -0.25) is 14.6 Å². The van der Waals surface area contributed by atoms with Crippen LogP contribution in [0.2, 0.25) is 0 Å². The molecule has 0 saturated carbocycles. The van der Waals surface area contributed by atoms with Crippen LogP contribution in [0.1, 0.15) is 46.9 Å². The molecule has 0 aliphatic carbocycles. The van der Waals surface area contributed by atoms with Crippen molar-refractivity contribution in [3.63, 3.8) is 0 Å². The van der Waals surface area contributed by atoms with Gasteiger partial charge in [0.25, 0.3) is 5.91 Å². The van der Waals surface area contributed by atoms with Gasteiger partial charge in [-0.2, -0.15) is 0 Å². The first-order valence-electron chi connectivity index (χ1n) is 12.4. The van der Waals surface area contributed by atoms with Gasteiger partial charge in [-0.15, -0.1) is 0 Å². The van der Waals surface area contributed by atoms with Gasteiger partial charge in [0, 0.05) is 31.1 Å². The second kappa shape index (κ2) is 12.7. The number of hydrogen-bond donors (Lipinski definition) is 2. The molecule has 192 valence electrons. The number of carbonyl (C=O) groups is 2. The van der Waals surface area contributed by atoms with Crippen LogP contribution in [0, 0.1) is 0 Å². The Labute approximate surface area is 216 Å². The zero-order valence-electron chi connectivity index (χ0n) is 20.8. The number of aromatic nitrogens is 1. The fourth-order valence-corrected chi connectivity index (χ4v) is 4.17. The molecule has 1 amide bonds. The quantitative estimate of drug-likeness (QED) is 0.387. The van der Waals surface area contributed by atoms with Gasteiger partial charge in [-0.25, -0.2) is 4.99 Å². The normalized spacial score (nSPS) is 16.5. The molecular weight excluding hydrogens is 470 g/mol. The SMILES string of the molecule is CC1OC(c2ccccc2)=NC1CCOc1ccc(CCC(=O)O)c(CCNC(=O)c2ccccn2)c1. The van der Waals surface area contributed by atoms with Crippen LogP contribution in [0.5, 0.6) is 5.75 Å². The van der Waals surface area contributed by atoms with Crippen molar-refractivity contribution in [2.24, 2.45) is 4.99 Å². The van der Waals surface area contributed by atoms with Crippen molar-refractivity contribution in [2.45, 2.75) is 44.8 Å². The maximum absolute atomic E-state index is 12.3. The molecule has 1 aromatic heterocycles. The summed E-state index contributed by atoms with van der Waals surface area (Å²) in [6.45, 7) is 2.87. The van der Waals surface area contributed by atoms with Gasteiger partial charge >= 0.3 is 5.97 Å². The number of ether oxygens (including phenoxy) is 2. The number of benzene rings is 2. The molecule has 2 unspecified atom stereocenters. The summed E-state index contributed by atoms with van der Waals surface area (Å²) < 4.78 is 12.0. The predicted octanol–water partition coefficient (Wildman–Crippen LogP) is 4.07. The minimum Gasteiger partial charge on any atom is -0.494 e. The maximum Gasteiger partial charge on any atom is 0.303 e. The molecular formula is C29H31N3O5. The largest absolute Gasteiger partial charge is 0.494 e. The smallest absolute Gasteiger partial charge is 0.303 e. The molecule has 4 rings (SSSR count).